The molecule has 5 rings (SSSR count). The molecule has 34 heavy (non-hydrogen) atoms. The van der Waals surface area contributed by atoms with E-state index >= 15 is 0 Å². The molecule has 0 aliphatic heterocycles. The molecule has 1 aromatic carbocycles. The Morgan fingerprint density at radius 1 is 1.06 bits per heavy atom. The molecular formula is C31H48O2S. The molecule has 0 heterocycles. The van der Waals surface area contributed by atoms with Crippen LogP contribution in [0, 0.1) is 41.4 Å². The Morgan fingerprint density at radius 2 is 1.82 bits per heavy atom. The molecule has 0 aromatic heterocycles. The van der Waals surface area contributed by atoms with E-state index < -0.39 is 5.60 Å². The number of hydrogen-bond acceptors (Lipinski definition) is 3. The first-order valence-electron chi connectivity index (χ1n) is 14.0. The number of rotatable bonds is 4. The van der Waals surface area contributed by atoms with Gasteiger partial charge < -0.3 is 10.2 Å². The summed E-state index contributed by atoms with van der Waals surface area (Å²) in [5.41, 5.74) is 3.77. The summed E-state index contributed by atoms with van der Waals surface area (Å²) in [4.78, 5) is 0. The Kier molecular flexibility index (Phi) is 7.69. The minimum atomic E-state index is -0.748. The Labute approximate surface area is 214 Å². The zero-order valence-electron chi connectivity index (χ0n) is 22.2. The predicted molar refractivity (Wildman–Crippen MR) is 146 cm³/mol. The van der Waals surface area contributed by atoms with Gasteiger partial charge in [-0.25, -0.2) is 0 Å². The van der Waals surface area contributed by atoms with Gasteiger partial charge in [-0.05, 0) is 98.4 Å². The summed E-state index contributed by atoms with van der Waals surface area (Å²) in [6, 6.07) is 8.64. The molecular weight excluding hydrogens is 436 g/mol. The van der Waals surface area contributed by atoms with Crippen LogP contribution in [0.3, 0.4) is 0 Å². The molecule has 4 aliphatic rings. The highest BCUT2D eigenvalue weighted by molar-refractivity contribution is 7.80. The summed E-state index contributed by atoms with van der Waals surface area (Å²) in [6.07, 6.45) is 12.1. The Balaban J connectivity index is 0.00000133. The summed E-state index contributed by atoms with van der Waals surface area (Å²) in [7, 11) is 0. The van der Waals surface area contributed by atoms with E-state index in [9.17, 15) is 10.2 Å². The van der Waals surface area contributed by atoms with E-state index in [4.69, 9.17) is 12.6 Å². The van der Waals surface area contributed by atoms with Crippen molar-refractivity contribution in [1.29, 1.82) is 0 Å². The number of aryl methyl sites for hydroxylation is 1. The maximum absolute atomic E-state index is 12.0. The van der Waals surface area contributed by atoms with Crippen molar-refractivity contribution in [1.82, 2.24) is 0 Å². The van der Waals surface area contributed by atoms with Crippen LogP contribution < -0.4 is 0 Å². The molecule has 3 heteroatoms. The average Bonchev–Trinajstić information content (AvgIpc) is 3.19. The van der Waals surface area contributed by atoms with E-state index in [0.717, 1.165) is 37.5 Å². The van der Waals surface area contributed by atoms with Crippen LogP contribution in [0.15, 0.2) is 35.9 Å². The van der Waals surface area contributed by atoms with Crippen LogP contribution in [-0.4, -0.2) is 27.7 Å². The van der Waals surface area contributed by atoms with E-state index in [2.05, 4.69) is 51.1 Å². The molecule has 3 fully saturated rings. The molecule has 190 valence electrons. The van der Waals surface area contributed by atoms with E-state index in [-0.39, 0.29) is 16.9 Å². The van der Waals surface area contributed by atoms with Crippen LogP contribution in [-0.2, 0) is 6.42 Å². The van der Waals surface area contributed by atoms with Crippen molar-refractivity contribution in [3.05, 3.63) is 47.0 Å². The standard InChI is InChI=1S/C29H42O2S.C2H6/c1-19-5-4-6-20(15-19)17-29(31,18-32)26-10-9-24-23-8-7-21-16-22(30)11-13-27(21,2)25(23)12-14-28(24,26)3;1-2/h4-7,15,22-26,30-32H,8-14,16-18H2,1-3H3;1-2H3/t22?,23?,24?,25?,26?,27?,28?,29-;/m1./s1. The topological polar surface area (TPSA) is 40.5 Å². The van der Waals surface area contributed by atoms with Crippen LogP contribution in [0.2, 0.25) is 0 Å². The molecule has 8 atom stereocenters. The van der Waals surface area contributed by atoms with Crippen molar-refractivity contribution in [3.63, 3.8) is 0 Å². The van der Waals surface area contributed by atoms with Crippen molar-refractivity contribution in [3.8, 4) is 0 Å². The second-order valence-electron chi connectivity index (χ2n) is 12.3. The molecule has 0 radical (unpaired) electrons. The van der Waals surface area contributed by atoms with Crippen LogP contribution in [0.25, 0.3) is 0 Å². The van der Waals surface area contributed by atoms with Crippen LogP contribution in [0.5, 0.6) is 0 Å². The van der Waals surface area contributed by atoms with Crippen LogP contribution in [0.4, 0.5) is 0 Å². The molecule has 7 unspecified atom stereocenters. The minimum absolute atomic E-state index is 0.136. The van der Waals surface area contributed by atoms with Gasteiger partial charge >= 0.3 is 0 Å². The van der Waals surface area contributed by atoms with E-state index in [1.807, 2.05) is 13.8 Å². The summed E-state index contributed by atoms with van der Waals surface area (Å²) >= 11 is 4.72. The van der Waals surface area contributed by atoms with Gasteiger partial charge in [0.25, 0.3) is 0 Å². The average molecular weight is 485 g/mol. The third kappa shape index (κ3) is 4.33. The molecule has 2 N–H and O–H groups in total. The lowest BCUT2D eigenvalue weighted by Gasteiger charge is -2.59. The monoisotopic (exact) mass is 484 g/mol. The first-order valence-corrected chi connectivity index (χ1v) is 14.6. The summed E-state index contributed by atoms with van der Waals surface area (Å²) < 4.78 is 0. The molecule has 1 aromatic rings. The van der Waals surface area contributed by atoms with Gasteiger partial charge in [-0.1, -0.05) is 69.2 Å². The lowest BCUT2D eigenvalue weighted by atomic mass is 9.46. The van der Waals surface area contributed by atoms with Crippen molar-refractivity contribution >= 4 is 12.6 Å². The van der Waals surface area contributed by atoms with Crippen molar-refractivity contribution in [2.75, 3.05) is 5.75 Å². The van der Waals surface area contributed by atoms with Crippen molar-refractivity contribution < 1.29 is 10.2 Å². The number of hydrogen-bond donors (Lipinski definition) is 3. The maximum Gasteiger partial charge on any atom is 0.0808 e. The summed E-state index contributed by atoms with van der Waals surface area (Å²) in [5, 5.41) is 22.3. The molecule has 2 nitrogen and oxygen atoms in total. The molecule has 4 aliphatic carbocycles. The lowest BCUT2D eigenvalue weighted by molar-refractivity contribution is -0.0993. The number of fused-ring (bicyclic) bond motifs is 5. The SMILES string of the molecule is CC.Cc1cccc(C[C@@](O)(CS)C2CCC3C4CC=C5CC(O)CCC5(C)C4CCC32C)c1. The largest absolute Gasteiger partial charge is 0.393 e. The summed E-state index contributed by atoms with van der Waals surface area (Å²) in [6.45, 7) is 11.1. The molecule has 0 saturated heterocycles. The van der Waals surface area contributed by atoms with Gasteiger partial charge in [0.15, 0.2) is 0 Å². The lowest BCUT2D eigenvalue weighted by Crippen LogP contribution is -2.54. The first kappa shape index (κ1) is 26.3. The minimum Gasteiger partial charge on any atom is -0.393 e. The second-order valence-corrected chi connectivity index (χ2v) is 12.6. The fraction of sp³-hybridized carbons (Fsp3) is 0.742. The van der Waals surface area contributed by atoms with Gasteiger partial charge in [0.1, 0.15) is 0 Å². The van der Waals surface area contributed by atoms with Crippen LogP contribution in [0.1, 0.15) is 90.2 Å². The number of thiol groups is 1. The van der Waals surface area contributed by atoms with Crippen LogP contribution >= 0.6 is 12.6 Å². The maximum atomic E-state index is 12.0. The Bertz CT molecular complexity index is 895. The third-order valence-electron chi connectivity index (χ3n) is 10.6. The highest BCUT2D eigenvalue weighted by Crippen LogP contribution is 2.67. The first-order chi connectivity index (χ1) is 16.2. The Morgan fingerprint density at radius 3 is 2.53 bits per heavy atom. The zero-order valence-corrected chi connectivity index (χ0v) is 23.1. The Hall–Kier alpha value is -0.770. The van der Waals surface area contributed by atoms with E-state index in [1.165, 1.54) is 36.8 Å². The normalized spacial score (nSPS) is 40.6. The van der Waals surface area contributed by atoms with Gasteiger partial charge in [0.2, 0.25) is 0 Å². The fourth-order valence-electron chi connectivity index (χ4n) is 8.99. The smallest absolute Gasteiger partial charge is 0.0808 e. The molecule has 0 amide bonds. The number of aliphatic hydroxyl groups is 2. The van der Waals surface area contributed by atoms with Gasteiger partial charge in [-0.3, -0.25) is 0 Å². The number of allylic oxidation sites excluding steroid dienone is 1. The van der Waals surface area contributed by atoms with Crippen molar-refractivity contribution in [2.45, 2.75) is 104 Å². The van der Waals surface area contributed by atoms with Gasteiger partial charge in [0.05, 0.1) is 11.7 Å². The van der Waals surface area contributed by atoms with Gasteiger partial charge in [0, 0.05) is 12.2 Å². The summed E-state index contributed by atoms with van der Waals surface area (Å²) in [5.74, 6) is 3.00. The highest BCUT2D eigenvalue weighted by Gasteiger charge is 2.61. The third-order valence-corrected chi connectivity index (χ3v) is 11.1. The predicted octanol–water partition coefficient (Wildman–Crippen LogP) is 7.16. The quantitative estimate of drug-likeness (QED) is 0.313. The second kappa shape index (κ2) is 9.94. The molecule has 0 spiro atoms. The van der Waals surface area contributed by atoms with E-state index in [1.54, 1.807) is 5.57 Å². The van der Waals surface area contributed by atoms with E-state index in [0.29, 0.717) is 24.0 Å². The highest BCUT2D eigenvalue weighted by atomic mass is 32.1. The zero-order chi connectivity index (χ0) is 24.7. The molecule has 0 bridgehead atoms. The number of aliphatic hydroxyl groups excluding tert-OH is 1. The number of benzene rings is 1. The van der Waals surface area contributed by atoms with Gasteiger partial charge in [-0.2, -0.15) is 12.6 Å². The molecule has 3 saturated carbocycles. The van der Waals surface area contributed by atoms with Gasteiger partial charge in [-0.15, -0.1) is 0 Å². The fourth-order valence-corrected chi connectivity index (χ4v) is 9.32. The van der Waals surface area contributed by atoms with Crippen molar-refractivity contribution in [2.24, 2.45) is 34.5 Å².